The van der Waals surface area contributed by atoms with Crippen molar-refractivity contribution < 1.29 is 9.37 Å². The van der Waals surface area contributed by atoms with E-state index in [1.54, 1.807) is 6.20 Å². The van der Waals surface area contributed by atoms with E-state index >= 15 is 0 Å². The number of ether oxygens (including phenoxy) is 1. The molecular formula is C25H26ClN7O2. The summed E-state index contributed by atoms with van der Waals surface area (Å²) in [7, 11) is 0. The molecule has 3 aromatic heterocycles. The molecule has 10 heteroatoms. The monoisotopic (exact) mass is 491 g/mol. The van der Waals surface area contributed by atoms with Crippen LogP contribution in [-0.2, 0) is 13.0 Å². The summed E-state index contributed by atoms with van der Waals surface area (Å²) in [6.07, 6.45) is 3.25. The van der Waals surface area contributed by atoms with E-state index in [1.807, 2.05) is 48.5 Å². The first-order chi connectivity index (χ1) is 16.8. The number of pyridine rings is 1. The average Bonchev–Trinajstić information content (AvgIpc) is 3.47. The van der Waals surface area contributed by atoms with Crippen molar-refractivity contribution in [2.24, 2.45) is 5.73 Å². The number of nitrogens with two attached hydrogens (primary N) is 2. The molecule has 0 unspecified atom stereocenters. The maximum absolute atomic E-state index is 6.11. The van der Waals surface area contributed by atoms with E-state index in [0.29, 0.717) is 42.5 Å². The average molecular weight is 492 g/mol. The summed E-state index contributed by atoms with van der Waals surface area (Å²) in [6, 6.07) is 20.2. The maximum atomic E-state index is 6.11. The third-order valence-electron chi connectivity index (χ3n) is 5.58. The molecule has 0 saturated heterocycles. The Labute approximate surface area is 208 Å². The van der Waals surface area contributed by atoms with Gasteiger partial charge in [-0.2, -0.15) is 0 Å². The van der Waals surface area contributed by atoms with Gasteiger partial charge in [-0.05, 0) is 35.3 Å². The number of rotatable bonds is 9. The topological polar surface area (TPSA) is 131 Å². The molecule has 0 saturated carbocycles. The minimum atomic E-state index is 0. The lowest BCUT2D eigenvalue weighted by molar-refractivity contribution is 0.310. The molecule has 0 aliphatic carbocycles. The van der Waals surface area contributed by atoms with Gasteiger partial charge >= 0.3 is 0 Å². The number of fused-ring (bicyclic) bond motifs is 1. The summed E-state index contributed by atoms with van der Waals surface area (Å²) in [6.45, 7) is 1.64. The Morgan fingerprint density at radius 1 is 0.943 bits per heavy atom. The molecule has 0 aliphatic rings. The second-order valence-electron chi connectivity index (χ2n) is 7.85. The molecule has 0 aliphatic heterocycles. The van der Waals surface area contributed by atoms with E-state index in [-0.39, 0.29) is 18.2 Å². The van der Waals surface area contributed by atoms with Crippen molar-refractivity contribution in [1.29, 1.82) is 0 Å². The van der Waals surface area contributed by atoms with Crippen LogP contribution in [0.5, 0.6) is 5.75 Å². The van der Waals surface area contributed by atoms with Crippen LogP contribution >= 0.6 is 12.4 Å². The lowest BCUT2D eigenvalue weighted by Crippen LogP contribution is -2.09. The van der Waals surface area contributed by atoms with Crippen molar-refractivity contribution in [3.05, 3.63) is 72.4 Å². The molecule has 9 nitrogen and oxygen atoms in total. The van der Waals surface area contributed by atoms with Crippen LogP contribution in [0.25, 0.3) is 33.8 Å². The molecule has 180 valence electrons. The van der Waals surface area contributed by atoms with Gasteiger partial charge in [0.05, 0.1) is 18.5 Å². The Morgan fingerprint density at radius 2 is 1.69 bits per heavy atom. The van der Waals surface area contributed by atoms with Gasteiger partial charge in [0.25, 0.3) is 0 Å². The number of halogens is 1. The smallest absolute Gasteiger partial charge is 0.199 e. The molecule has 0 radical (unpaired) electrons. The molecular weight excluding hydrogens is 466 g/mol. The van der Waals surface area contributed by atoms with Crippen molar-refractivity contribution in [2.75, 3.05) is 18.9 Å². The van der Waals surface area contributed by atoms with Crippen LogP contribution in [0.3, 0.4) is 0 Å². The SMILES string of the molecule is Cl.NCCCOc1cnc(-c2ccccc2)c2nc(-c3nonc3N)n(CCc3ccccc3)c12. The zero-order chi connectivity index (χ0) is 23.3. The van der Waals surface area contributed by atoms with Gasteiger partial charge in [0, 0.05) is 12.1 Å². The Kier molecular flexibility index (Phi) is 7.59. The first-order valence-electron chi connectivity index (χ1n) is 11.2. The fraction of sp³-hybridized carbons (Fsp3) is 0.200. The highest BCUT2D eigenvalue weighted by atomic mass is 35.5. The van der Waals surface area contributed by atoms with E-state index in [4.69, 9.17) is 30.8 Å². The standard InChI is InChI=1S/C25H25N7O2.ClH/c26-13-7-15-33-19-16-28-20(18-10-5-2-6-11-18)21-23(19)32(14-12-17-8-3-1-4-9-17)25(29-21)22-24(27)31-34-30-22;/h1-6,8-11,16H,7,12-15,26H2,(H2,27,31);1H. The second kappa shape index (κ2) is 11.0. The van der Waals surface area contributed by atoms with Gasteiger partial charge in [0.2, 0.25) is 0 Å². The zero-order valence-corrected chi connectivity index (χ0v) is 19.8. The molecule has 0 bridgehead atoms. The van der Waals surface area contributed by atoms with Crippen LogP contribution in [0, 0.1) is 0 Å². The van der Waals surface area contributed by atoms with E-state index in [9.17, 15) is 0 Å². The van der Waals surface area contributed by atoms with Crippen LogP contribution in [0.4, 0.5) is 5.82 Å². The molecule has 0 atom stereocenters. The van der Waals surface area contributed by atoms with Gasteiger partial charge in [0.1, 0.15) is 11.0 Å². The Bertz CT molecular complexity index is 1390. The van der Waals surface area contributed by atoms with Crippen LogP contribution in [-0.4, -0.2) is 38.0 Å². The number of imidazole rings is 1. The maximum Gasteiger partial charge on any atom is 0.199 e. The summed E-state index contributed by atoms with van der Waals surface area (Å²) in [5.74, 6) is 1.36. The van der Waals surface area contributed by atoms with Gasteiger partial charge in [-0.15, -0.1) is 12.4 Å². The molecule has 5 rings (SSSR count). The molecule has 0 fully saturated rings. The van der Waals surface area contributed by atoms with Gasteiger partial charge < -0.3 is 20.8 Å². The molecule has 4 N–H and O–H groups in total. The highest BCUT2D eigenvalue weighted by Crippen LogP contribution is 2.36. The molecule has 35 heavy (non-hydrogen) atoms. The Morgan fingerprint density at radius 3 is 2.37 bits per heavy atom. The van der Waals surface area contributed by atoms with Crippen molar-refractivity contribution >= 4 is 29.3 Å². The summed E-state index contributed by atoms with van der Waals surface area (Å²) in [4.78, 5) is 9.66. The van der Waals surface area contributed by atoms with Crippen LogP contribution in [0.2, 0.25) is 0 Å². The highest BCUT2D eigenvalue weighted by Gasteiger charge is 2.24. The molecule has 5 aromatic rings. The van der Waals surface area contributed by atoms with E-state index in [0.717, 1.165) is 29.6 Å². The number of hydrogen-bond donors (Lipinski definition) is 2. The van der Waals surface area contributed by atoms with Crippen LogP contribution in [0.1, 0.15) is 12.0 Å². The van der Waals surface area contributed by atoms with Gasteiger partial charge in [-0.1, -0.05) is 60.7 Å². The van der Waals surface area contributed by atoms with Crippen molar-refractivity contribution in [1.82, 2.24) is 24.8 Å². The van der Waals surface area contributed by atoms with E-state index in [2.05, 4.69) is 27.0 Å². The predicted octanol–water partition coefficient (Wildman–Crippen LogP) is 4.12. The van der Waals surface area contributed by atoms with E-state index in [1.165, 1.54) is 5.56 Å². The predicted molar refractivity (Wildman–Crippen MR) is 137 cm³/mol. The highest BCUT2D eigenvalue weighted by molar-refractivity contribution is 5.95. The number of benzene rings is 2. The van der Waals surface area contributed by atoms with Crippen LogP contribution in [0.15, 0.2) is 71.5 Å². The minimum absolute atomic E-state index is 0. The van der Waals surface area contributed by atoms with Crippen molar-refractivity contribution in [3.8, 4) is 28.5 Å². The largest absolute Gasteiger partial charge is 0.490 e. The van der Waals surface area contributed by atoms with Crippen LogP contribution < -0.4 is 16.2 Å². The van der Waals surface area contributed by atoms with Gasteiger partial charge in [-0.3, -0.25) is 0 Å². The lowest BCUT2D eigenvalue weighted by atomic mass is 10.1. The molecule has 3 heterocycles. The summed E-state index contributed by atoms with van der Waals surface area (Å²) < 4.78 is 13.1. The lowest BCUT2D eigenvalue weighted by Gasteiger charge is -2.13. The summed E-state index contributed by atoms with van der Waals surface area (Å²) in [5, 5.41) is 7.80. The molecule has 0 spiro atoms. The number of nitrogen functional groups attached to an aromatic ring is 1. The van der Waals surface area contributed by atoms with Crippen molar-refractivity contribution in [2.45, 2.75) is 19.4 Å². The third kappa shape index (κ3) is 4.96. The first kappa shape index (κ1) is 24.2. The molecule has 2 aromatic carbocycles. The second-order valence-corrected chi connectivity index (χ2v) is 7.85. The quantitative estimate of drug-likeness (QED) is 0.294. The van der Waals surface area contributed by atoms with Gasteiger partial charge in [0.15, 0.2) is 23.1 Å². The first-order valence-corrected chi connectivity index (χ1v) is 11.2. The number of aryl methyl sites for hydroxylation is 2. The van der Waals surface area contributed by atoms with E-state index < -0.39 is 0 Å². The van der Waals surface area contributed by atoms with Gasteiger partial charge in [-0.25, -0.2) is 14.6 Å². The number of hydrogen-bond acceptors (Lipinski definition) is 8. The number of anilines is 1. The molecule has 0 amide bonds. The minimum Gasteiger partial charge on any atom is -0.490 e. The fourth-order valence-corrected chi connectivity index (χ4v) is 3.93. The van der Waals surface area contributed by atoms with Crippen molar-refractivity contribution in [3.63, 3.8) is 0 Å². The fourth-order valence-electron chi connectivity index (χ4n) is 3.93. The Hall–Kier alpha value is -3.95. The summed E-state index contributed by atoms with van der Waals surface area (Å²) in [5.41, 5.74) is 16.6. The normalized spacial score (nSPS) is 10.9. The number of nitrogens with zero attached hydrogens (tertiary/aromatic N) is 5. The Balaban J connectivity index is 0.00000289. The third-order valence-corrected chi connectivity index (χ3v) is 5.58. The number of aromatic nitrogens is 5. The summed E-state index contributed by atoms with van der Waals surface area (Å²) >= 11 is 0. The zero-order valence-electron chi connectivity index (χ0n) is 19.0.